The van der Waals surface area contributed by atoms with Gasteiger partial charge in [0.2, 0.25) is 5.91 Å². The molecule has 19 heavy (non-hydrogen) atoms. The van der Waals surface area contributed by atoms with Gasteiger partial charge in [-0.3, -0.25) is 4.79 Å². The molecule has 1 aromatic heterocycles. The van der Waals surface area contributed by atoms with Gasteiger partial charge in [0.1, 0.15) is 0 Å². The Balaban J connectivity index is 2.16. The fourth-order valence-electron chi connectivity index (χ4n) is 2.54. The number of ether oxygens (including phenoxy) is 1. The van der Waals surface area contributed by atoms with Gasteiger partial charge < -0.3 is 14.2 Å². The normalized spacial score (nSPS) is 20.3. The molecule has 2 atom stereocenters. The zero-order valence-corrected chi connectivity index (χ0v) is 11.5. The minimum Gasteiger partial charge on any atom is -0.479 e. The molecule has 1 aromatic rings. The largest absolute Gasteiger partial charge is 0.479 e. The van der Waals surface area contributed by atoms with Crippen LogP contribution in [0.5, 0.6) is 5.88 Å². The first-order valence-electron chi connectivity index (χ1n) is 6.64. The maximum absolute atomic E-state index is 12.6. The van der Waals surface area contributed by atoms with Crippen molar-refractivity contribution in [2.24, 2.45) is 0 Å². The lowest BCUT2D eigenvalue weighted by molar-refractivity contribution is -0.133. The average Bonchev–Trinajstić information content (AvgIpc) is 3.07. The van der Waals surface area contributed by atoms with Gasteiger partial charge >= 0.3 is 0 Å². The van der Waals surface area contributed by atoms with Gasteiger partial charge in [-0.25, -0.2) is 0 Å². The van der Waals surface area contributed by atoms with Crippen LogP contribution in [-0.4, -0.2) is 35.7 Å². The van der Waals surface area contributed by atoms with Crippen LogP contribution in [0.15, 0.2) is 23.2 Å². The molecule has 1 aliphatic heterocycles. The van der Waals surface area contributed by atoms with Crippen molar-refractivity contribution < 1.29 is 14.1 Å². The summed E-state index contributed by atoms with van der Waals surface area (Å²) in [5.74, 6) is 0.766. The van der Waals surface area contributed by atoms with Crippen molar-refractivity contribution in [2.75, 3.05) is 13.7 Å². The summed E-state index contributed by atoms with van der Waals surface area (Å²) < 4.78 is 10.2. The number of methoxy groups -OCH3 is 1. The Kier molecular flexibility index (Phi) is 4.24. The molecule has 5 nitrogen and oxygen atoms in total. The van der Waals surface area contributed by atoms with Crippen molar-refractivity contribution >= 4 is 5.91 Å². The van der Waals surface area contributed by atoms with Gasteiger partial charge in [-0.15, -0.1) is 6.58 Å². The summed E-state index contributed by atoms with van der Waals surface area (Å²) in [6.07, 6.45) is 4.54. The van der Waals surface area contributed by atoms with E-state index < -0.39 is 0 Å². The molecule has 1 aliphatic rings. The van der Waals surface area contributed by atoms with Crippen LogP contribution < -0.4 is 4.74 Å². The van der Waals surface area contributed by atoms with E-state index in [4.69, 9.17) is 9.26 Å². The first-order valence-corrected chi connectivity index (χ1v) is 6.64. The molecule has 0 N–H and O–H groups in total. The molecule has 2 heterocycles. The number of rotatable bonds is 5. The van der Waals surface area contributed by atoms with E-state index in [0.717, 1.165) is 19.4 Å². The zero-order valence-electron chi connectivity index (χ0n) is 11.5. The fourth-order valence-corrected chi connectivity index (χ4v) is 2.54. The SMILES string of the molecule is C=CC1CCCN1C(=O)C(CC)c1cc(OC)no1. The number of aromatic nitrogens is 1. The quantitative estimate of drug-likeness (QED) is 0.766. The molecule has 0 bridgehead atoms. The Bertz CT molecular complexity index is 455. The lowest BCUT2D eigenvalue weighted by Crippen LogP contribution is -2.37. The molecule has 1 fully saturated rings. The minimum absolute atomic E-state index is 0.0868. The van der Waals surface area contributed by atoms with Gasteiger partial charge in [0.15, 0.2) is 5.76 Å². The van der Waals surface area contributed by atoms with E-state index in [2.05, 4.69) is 11.7 Å². The summed E-state index contributed by atoms with van der Waals surface area (Å²) >= 11 is 0. The van der Waals surface area contributed by atoms with Gasteiger partial charge in [-0.05, 0) is 24.4 Å². The third kappa shape index (κ3) is 2.64. The third-order valence-electron chi connectivity index (χ3n) is 3.62. The predicted molar refractivity (Wildman–Crippen MR) is 71.0 cm³/mol. The average molecular weight is 264 g/mol. The standard InChI is InChI=1S/C14H20N2O3/c1-4-10-7-6-8-16(10)14(17)11(5-2)12-9-13(18-3)15-19-12/h4,9-11H,1,5-8H2,2-3H3. The lowest BCUT2D eigenvalue weighted by atomic mass is 10.0. The van der Waals surface area contributed by atoms with Gasteiger partial charge in [0, 0.05) is 18.7 Å². The first-order chi connectivity index (χ1) is 9.21. The topological polar surface area (TPSA) is 55.6 Å². The Morgan fingerprint density at radius 3 is 3.16 bits per heavy atom. The summed E-state index contributed by atoms with van der Waals surface area (Å²) in [4.78, 5) is 14.5. The highest BCUT2D eigenvalue weighted by molar-refractivity contribution is 5.83. The van der Waals surface area contributed by atoms with Gasteiger partial charge in [0.05, 0.1) is 13.0 Å². The van der Waals surface area contributed by atoms with Crippen molar-refractivity contribution in [1.82, 2.24) is 10.1 Å². The van der Waals surface area contributed by atoms with Crippen molar-refractivity contribution in [3.8, 4) is 5.88 Å². The van der Waals surface area contributed by atoms with Crippen LogP contribution in [0.25, 0.3) is 0 Å². The van der Waals surface area contributed by atoms with Gasteiger partial charge in [-0.1, -0.05) is 13.0 Å². The highest BCUT2D eigenvalue weighted by Crippen LogP contribution is 2.29. The summed E-state index contributed by atoms with van der Waals surface area (Å²) in [7, 11) is 1.53. The van der Waals surface area contributed by atoms with Crippen molar-refractivity contribution in [3.05, 3.63) is 24.5 Å². The molecule has 0 aromatic carbocycles. The molecule has 0 radical (unpaired) electrons. The minimum atomic E-state index is -0.294. The van der Waals surface area contributed by atoms with E-state index in [1.165, 1.54) is 7.11 Å². The van der Waals surface area contributed by atoms with E-state index in [0.29, 0.717) is 18.1 Å². The van der Waals surface area contributed by atoms with Crippen LogP contribution in [0.3, 0.4) is 0 Å². The molecule has 0 aliphatic carbocycles. The second kappa shape index (κ2) is 5.91. The second-order valence-corrected chi connectivity index (χ2v) is 4.71. The zero-order chi connectivity index (χ0) is 13.8. The Hall–Kier alpha value is -1.78. The van der Waals surface area contributed by atoms with Gasteiger partial charge in [-0.2, -0.15) is 0 Å². The Morgan fingerprint density at radius 1 is 1.79 bits per heavy atom. The van der Waals surface area contributed by atoms with Crippen molar-refractivity contribution in [3.63, 3.8) is 0 Å². The second-order valence-electron chi connectivity index (χ2n) is 4.71. The van der Waals surface area contributed by atoms with E-state index in [9.17, 15) is 4.79 Å². The molecule has 5 heteroatoms. The van der Waals surface area contributed by atoms with E-state index in [-0.39, 0.29) is 17.9 Å². The predicted octanol–water partition coefficient (Wildman–Crippen LogP) is 2.35. The number of hydrogen-bond donors (Lipinski definition) is 0. The summed E-state index contributed by atoms with van der Waals surface area (Å²) in [5.41, 5.74) is 0. The van der Waals surface area contributed by atoms with Gasteiger partial charge in [0.25, 0.3) is 5.88 Å². The summed E-state index contributed by atoms with van der Waals surface area (Å²) in [5, 5.41) is 3.76. The van der Waals surface area contributed by atoms with E-state index >= 15 is 0 Å². The van der Waals surface area contributed by atoms with Crippen LogP contribution in [0, 0.1) is 0 Å². The number of nitrogens with zero attached hydrogens (tertiary/aromatic N) is 2. The molecule has 1 amide bonds. The number of carbonyl (C=O) groups excluding carboxylic acids is 1. The number of hydrogen-bond acceptors (Lipinski definition) is 4. The third-order valence-corrected chi connectivity index (χ3v) is 3.62. The fraction of sp³-hybridized carbons (Fsp3) is 0.571. The van der Waals surface area contributed by atoms with E-state index in [1.807, 2.05) is 17.9 Å². The van der Waals surface area contributed by atoms with Crippen LogP contribution in [-0.2, 0) is 4.79 Å². The number of amides is 1. The molecule has 2 rings (SSSR count). The van der Waals surface area contributed by atoms with Crippen LogP contribution in [0.2, 0.25) is 0 Å². The maximum atomic E-state index is 12.6. The van der Waals surface area contributed by atoms with Crippen LogP contribution >= 0.6 is 0 Å². The van der Waals surface area contributed by atoms with Crippen molar-refractivity contribution in [2.45, 2.75) is 38.1 Å². The molecule has 1 saturated heterocycles. The molecule has 2 unspecified atom stereocenters. The van der Waals surface area contributed by atoms with E-state index in [1.54, 1.807) is 6.07 Å². The molecule has 0 spiro atoms. The number of carbonyl (C=O) groups is 1. The maximum Gasteiger partial charge on any atom is 0.254 e. The molecule has 104 valence electrons. The van der Waals surface area contributed by atoms with Crippen molar-refractivity contribution in [1.29, 1.82) is 0 Å². The highest BCUT2D eigenvalue weighted by atomic mass is 16.5. The lowest BCUT2D eigenvalue weighted by Gasteiger charge is -2.25. The van der Waals surface area contributed by atoms with Crippen LogP contribution in [0.4, 0.5) is 0 Å². The molecular formula is C14H20N2O3. The van der Waals surface area contributed by atoms with Crippen LogP contribution in [0.1, 0.15) is 37.9 Å². The Morgan fingerprint density at radius 2 is 2.58 bits per heavy atom. The monoisotopic (exact) mass is 264 g/mol. The highest BCUT2D eigenvalue weighted by Gasteiger charge is 2.33. The number of likely N-dealkylation sites (tertiary alicyclic amines) is 1. The summed E-state index contributed by atoms with van der Waals surface area (Å²) in [6, 6.07) is 1.83. The smallest absolute Gasteiger partial charge is 0.254 e. The molecule has 0 saturated carbocycles. The summed E-state index contributed by atoms with van der Waals surface area (Å²) in [6.45, 7) is 6.56. The first kappa shape index (κ1) is 13.6. The molecular weight excluding hydrogens is 244 g/mol. The Labute approximate surface area is 113 Å².